The molecule has 9 aromatic rings. The van der Waals surface area contributed by atoms with Crippen LogP contribution in [-0.4, -0.2) is 0 Å². The summed E-state index contributed by atoms with van der Waals surface area (Å²) in [5.41, 5.74) is 23.4. The molecule has 0 bridgehead atoms. The predicted molar refractivity (Wildman–Crippen MR) is 279 cm³/mol. The van der Waals surface area contributed by atoms with Crippen LogP contribution in [0.2, 0.25) is 0 Å². The van der Waals surface area contributed by atoms with Crippen molar-refractivity contribution in [2.24, 2.45) is 0 Å². The first-order chi connectivity index (χ1) is 32.2. The van der Waals surface area contributed by atoms with Gasteiger partial charge in [-0.3, -0.25) is 0 Å². The zero-order valence-electron chi connectivity index (χ0n) is 37.7. The Balaban J connectivity index is 0.941. The maximum absolute atomic E-state index is 10.3. The summed E-state index contributed by atoms with van der Waals surface area (Å²) in [6.07, 6.45) is 3.84. The molecule has 2 nitrogen and oxygen atoms in total. The highest BCUT2D eigenvalue weighted by molar-refractivity contribution is 5.92. The Bertz CT molecular complexity index is 2960. The molecule has 0 N–H and O–H groups in total. The molecule has 9 rings (SSSR count). The third kappa shape index (κ3) is 9.81. The molecule has 0 atom stereocenters. The molecule has 0 fully saturated rings. The van der Waals surface area contributed by atoms with E-state index in [-0.39, 0.29) is 0 Å². The fourth-order valence-corrected chi connectivity index (χ4v) is 8.29. The van der Waals surface area contributed by atoms with Gasteiger partial charge >= 0.3 is 0 Å². The molecule has 66 heavy (non-hydrogen) atoms. The van der Waals surface area contributed by atoms with Gasteiger partial charge in [0.2, 0.25) is 0 Å². The second-order valence-electron chi connectivity index (χ2n) is 17.2. The van der Waals surface area contributed by atoms with Gasteiger partial charge in [0.05, 0.1) is 18.2 Å². The molecule has 0 aromatic heterocycles. The third-order valence-electron chi connectivity index (χ3n) is 12.2. The van der Waals surface area contributed by atoms with Crippen LogP contribution in [-0.2, 0) is 0 Å². The first kappa shape index (κ1) is 42.7. The molecule has 0 amide bonds. The van der Waals surface area contributed by atoms with Gasteiger partial charge in [-0.1, -0.05) is 192 Å². The van der Waals surface area contributed by atoms with Crippen LogP contribution in [0.5, 0.6) is 0 Å². The van der Waals surface area contributed by atoms with Gasteiger partial charge in [-0.25, -0.2) is 4.85 Å². The molecule has 0 heterocycles. The van der Waals surface area contributed by atoms with E-state index in [1.807, 2.05) is 60.7 Å². The van der Waals surface area contributed by atoms with Crippen molar-refractivity contribution >= 4 is 23.4 Å². The van der Waals surface area contributed by atoms with Crippen molar-refractivity contribution in [2.45, 2.75) is 27.7 Å². The molecule has 0 aliphatic carbocycles. The smallest absolute Gasteiger partial charge is 0.194 e. The minimum Gasteiger partial charge on any atom is -0.238 e. The molecule has 9 aromatic carbocycles. The van der Waals surface area contributed by atoms with E-state index in [9.17, 15) is 5.26 Å². The summed E-state index contributed by atoms with van der Waals surface area (Å²) in [7, 11) is 0. The number of aryl methyl sites for hydroxylation is 4. The minimum absolute atomic E-state index is 0.562. The molecule has 2 heteroatoms. The summed E-state index contributed by atoms with van der Waals surface area (Å²) in [6, 6.07) is 75.2. The van der Waals surface area contributed by atoms with E-state index in [1.54, 1.807) is 0 Å². The number of benzene rings is 9. The van der Waals surface area contributed by atoms with E-state index in [0.29, 0.717) is 11.3 Å². The summed E-state index contributed by atoms with van der Waals surface area (Å²) < 4.78 is 0. The van der Waals surface area contributed by atoms with Crippen LogP contribution in [0, 0.1) is 45.6 Å². The zero-order chi connectivity index (χ0) is 45.6. The first-order valence-corrected chi connectivity index (χ1v) is 22.3. The van der Waals surface area contributed by atoms with Crippen LogP contribution in [0.15, 0.2) is 206 Å². The van der Waals surface area contributed by atoms with Crippen LogP contribution in [0.4, 0.5) is 0 Å². The molecule has 0 aliphatic heterocycles. The highest BCUT2D eigenvalue weighted by Gasteiger charge is 2.12. The van der Waals surface area contributed by atoms with Crippen molar-refractivity contribution in [2.75, 3.05) is 0 Å². The lowest BCUT2D eigenvalue weighted by atomic mass is 9.92. The molecule has 0 saturated heterocycles. The largest absolute Gasteiger partial charge is 0.238 e. The average molecular weight is 845 g/mol. The van der Waals surface area contributed by atoms with Gasteiger partial charge in [-0.15, -0.1) is 0 Å². The quantitative estimate of drug-likeness (QED) is 0.0766. The summed E-state index contributed by atoms with van der Waals surface area (Å²) in [5, 5.41) is 10.3. The maximum atomic E-state index is 10.3. The molecular weight excluding hydrogens is 797 g/mol. The van der Waals surface area contributed by atoms with Crippen molar-refractivity contribution in [3.05, 3.63) is 262 Å². The topological polar surface area (TPSA) is 28.1 Å². The Morgan fingerprint density at radius 1 is 0.348 bits per heavy atom. The molecule has 0 unspecified atom stereocenters. The van der Waals surface area contributed by atoms with Gasteiger partial charge in [-0.2, -0.15) is 5.26 Å². The van der Waals surface area contributed by atoms with Crippen molar-refractivity contribution in [3.8, 4) is 72.8 Å². The van der Waals surface area contributed by atoms with Crippen molar-refractivity contribution < 1.29 is 0 Å². The Kier molecular flexibility index (Phi) is 12.3. The lowest BCUT2D eigenvalue weighted by Gasteiger charge is -2.12. The predicted octanol–water partition coefficient (Wildman–Crippen LogP) is 17.4. The van der Waals surface area contributed by atoms with Gasteiger partial charge in [0.1, 0.15) is 0 Å². The van der Waals surface area contributed by atoms with E-state index in [1.165, 1.54) is 44.5 Å². The van der Waals surface area contributed by atoms with Crippen LogP contribution in [0.1, 0.15) is 44.5 Å². The molecular formula is C64H48N2. The van der Waals surface area contributed by atoms with Gasteiger partial charge in [0.25, 0.3) is 0 Å². The van der Waals surface area contributed by atoms with E-state index in [0.717, 1.165) is 66.8 Å². The number of rotatable bonds is 10. The van der Waals surface area contributed by atoms with Crippen molar-refractivity contribution in [1.29, 1.82) is 5.26 Å². The number of hydrogen-bond donors (Lipinski definition) is 0. The van der Waals surface area contributed by atoms with Crippen LogP contribution in [0.25, 0.3) is 95.0 Å². The molecule has 0 saturated carbocycles. The fraction of sp³-hybridized carbons (Fsp3) is 0.0625. The Morgan fingerprint density at radius 3 is 0.879 bits per heavy atom. The summed E-state index contributed by atoms with van der Waals surface area (Å²) in [5.74, 6) is 0. The average Bonchev–Trinajstić information content (AvgIpc) is 3.36. The number of nitriles is 1. The van der Waals surface area contributed by atoms with Gasteiger partial charge in [0, 0.05) is 0 Å². The monoisotopic (exact) mass is 844 g/mol. The van der Waals surface area contributed by atoms with Crippen molar-refractivity contribution in [3.63, 3.8) is 0 Å². The Labute approximate surface area is 389 Å². The van der Waals surface area contributed by atoms with Gasteiger partial charge in [-0.05, 0) is 165 Å². The zero-order valence-corrected chi connectivity index (χ0v) is 37.7. The Hall–Kier alpha value is -8.56. The van der Waals surface area contributed by atoms with E-state index in [2.05, 4.69) is 196 Å². The summed E-state index contributed by atoms with van der Waals surface area (Å²) >= 11 is 0. The highest BCUT2D eigenvalue weighted by atomic mass is 14.7. The SMILES string of the molecule is [C-]#[N+]C(=Cc1ccc(C=C(C#N)c2ccc(-c3cc(-c4ccc(C)cc4)cc(-c4ccc(C)cc4)c3)cc2)cc1)c1ccc(-c2cc(-c3ccc(C)cc3)cc(-c3ccc(C)cc3)c2)cc1. The van der Waals surface area contributed by atoms with Crippen molar-refractivity contribution in [1.82, 2.24) is 0 Å². The summed E-state index contributed by atoms with van der Waals surface area (Å²) in [4.78, 5) is 3.93. The molecule has 0 spiro atoms. The molecule has 0 aliphatic rings. The third-order valence-corrected chi connectivity index (χ3v) is 12.2. The summed E-state index contributed by atoms with van der Waals surface area (Å²) in [6.45, 7) is 16.5. The molecule has 314 valence electrons. The van der Waals surface area contributed by atoms with Crippen LogP contribution < -0.4 is 0 Å². The standard InChI is InChI=1S/C64H48N2/c1-43-6-18-49(19-7-43)57-36-58(50-20-8-44(2)9-21-50)39-61(38-57)53-26-28-55(29-27-53)63(42-65)34-47-14-16-48(17-15-47)35-64(66-5)56-32-30-54(31-33-56)62-40-59(51-22-10-45(3)11-23-51)37-60(41-62)52-24-12-46(4)13-25-52/h6-41H,1-4H3. The molecule has 0 radical (unpaired) electrons. The Morgan fingerprint density at radius 2 is 0.606 bits per heavy atom. The van der Waals surface area contributed by atoms with Crippen LogP contribution in [0.3, 0.4) is 0 Å². The first-order valence-electron chi connectivity index (χ1n) is 22.3. The van der Waals surface area contributed by atoms with Crippen LogP contribution >= 0.6 is 0 Å². The lowest BCUT2D eigenvalue weighted by Crippen LogP contribution is -1.88. The normalized spacial score (nSPS) is 11.5. The minimum atomic E-state index is 0.562. The van der Waals surface area contributed by atoms with E-state index in [4.69, 9.17) is 6.57 Å². The second kappa shape index (κ2) is 19.0. The van der Waals surface area contributed by atoms with E-state index < -0.39 is 0 Å². The maximum Gasteiger partial charge on any atom is 0.194 e. The lowest BCUT2D eigenvalue weighted by molar-refractivity contribution is 1.46. The van der Waals surface area contributed by atoms with E-state index >= 15 is 0 Å². The number of hydrogen-bond acceptors (Lipinski definition) is 1. The second-order valence-corrected chi connectivity index (χ2v) is 17.2. The highest BCUT2D eigenvalue weighted by Crippen LogP contribution is 2.36. The van der Waals surface area contributed by atoms with Gasteiger partial charge in [0.15, 0.2) is 5.70 Å². The number of allylic oxidation sites excluding steroid dienone is 1. The van der Waals surface area contributed by atoms with Gasteiger partial charge < -0.3 is 0 Å². The number of nitrogens with zero attached hydrogens (tertiary/aromatic N) is 2. The fourth-order valence-electron chi connectivity index (χ4n) is 8.29.